The number of hydrogen-bond donors (Lipinski definition) is 6. The van der Waals surface area contributed by atoms with Crippen molar-refractivity contribution in [2.24, 2.45) is 11.7 Å². The van der Waals surface area contributed by atoms with Crippen LogP contribution in [0.5, 0.6) is 5.75 Å². The van der Waals surface area contributed by atoms with Crippen LogP contribution in [-0.4, -0.2) is 101 Å². The molecule has 21 nitrogen and oxygen atoms in total. The van der Waals surface area contributed by atoms with E-state index in [2.05, 4.69) is 32.3 Å². The summed E-state index contributed by atoms with van der Waals surface area (Å²) in [5.74, 6) is -10.5. The van der Waals surface area contributed by atoms with Crippen molar-refractivity contribution in [2.45, 2.75) is 113 Å². The molecule has 472 valence electrons. The van der Waals surface area contributed by atoms with Crippen LogP contribution >= 0.6 is 19.4 Å². The van der Waals surface area contributed by atoms with Gasteiger partial charge in [0, 0.05) is 63.3 Å². The number of thiol groups is 1. The topological polar surface area (TPSA) is 313 Å². The maximum Gasteiger partial charge on any atom is 0.524 e. The average molecular weight is 1330 g/mol. The van der Waals surface area contributed by atoms with E-state index in [1.165, 1.54) is 27.7 Å². The van der Waals surface area contributed by atoms with Gasteiger partial charge in [0.1, 0.15) is 46.6 Å². The number of nitrogens with two attached hydrogens (primary N) is 1. The number of aromatic nitrogens is 5. The minimum Gasteiger partial charge on any atom is -0.481 e. The van der Waals surface area contributed by atoms with E-state index in [1.807, 2.05) is 0 Å². The standard InChI is InChI=1S/C53H48ClF10N8O13PS2/c1-49(2,43-25(17-40(75)76)15-26(48(65)77)16-37(43)85-86(78,79)80)20-39(74)72(87(81)82)21-36-42-34(54)9-8-31(45(42)71(68-36)23-51(57,58)59)30-7-6-29(10-11-50(3,4)88(5,83)84)66-44(30)35(14-24-12-27(55)18-28(56)13-24)67-38(73)22-70-47-41(46(69-70)53(62,63)64)32-19-33(32)52(47,60)61/h6-9,12-13,15-16,18,32-33,35,87H,14,17,19-23H2,1-5H3,(H2,65,77)(H,67,73)(H,75,76)(H2,78,79,80)/t32-,33+,35-/m0/s1. The second-order valence-corrected chi connectivity index (χ2v) is 27.0. The Morgan fingerprint density at radius 3 is 2.17 bits per heavy atom. The Morgan fingerprint density at radius 1 is 0.966 bits per heavy atom. The molecule has 88 heavy (non-hydrogen) atoms. The van der Waals surface area contributed by atoms with E-state index in [0.29, 0.717) is 6.07 Å². The van der Waals surface area contributed by atoms with Gasteiger partial charge in [0.05, 0.1) is 40.9 Å². The Balaban J connectivity index is 1.30. The molecule has 2 aliphatic carbocycles. The van der Waals surface area contributed by atoms with Gasteiger partial charge in [-0.15, -0.1) is 0 Å². The van der Waals surface area contributed by atoms with Crippen LogP contribution in [0.2, 0.25) is 5.02 Å². The Morgan fingerprint density at radius 2 is 1.60 bits per heavy atom. The normalized spacial score (nSPS) is 16.2. The summed E-state index contributed by atoms with van der Waals surface area (Å²) in [5, 5.41) is 18.6. The highest BCUT2D eigenvalue weighted by atomic mass is 35.5. The number of hydrogen-bond acceptors (Lipinski definition) is 13. The van der Waals surface area contributed by atoms with Crippen LogP contribution in [0.15, 0.2) is 54.6 Å². The van der Waals surface area contributed by atoms with Gasteiger partial charge in [-0.25, -0.2) is 39.5 Å². The zero-order valence-corrected chi connectivity index (χ0v) is 49.4. The van der Waals surface area contributed by atoms with E-state index in [0.717, 1.165) is 54.8 Å². The highest BCUT2D eigenvalue weighted by molar-refractivity contribution is 7.92. The highest BCUT2D eigenvalue weighted by Crippen LogP contribution is 2.68. The molecule has 3 aromatic heterocycles. The molecule has 0 spiro atoms. The molecule has 1 saturated carbocycles. The second-order valence-electron chi connectivity index (χ2n) is 21.9. The number of primary amides is 1. The molecule has 3 aromatic carbocycles. The number of pyridine rings is 1. The van der Waals surface area contributed by atoms with E-state index < -0.39 is 221 Å². The molecule has 0 saturated heterocycles. The van der Waals surface area contributed by atoms with Gasteiger partial charge in [-0.3, -0.25) is 38.3 Å². The minimum absolute atomic E-state index is 0.0889. The van der Waals surface area contributed by atoms with Gasteiger partial charge < -0.3 is 20.7 Å². The van der Waals surface area contributed by atoms with Crippen molar-refractivity contribution in [1.29, 1.82) is 0 Å². The first-order chi connectivity index (χ1) is 40.4. The zero-order chi connectivity index (χ0) is 65.5. The van der Waals surface area contributed by atoms with Gasteiger partial charge in [-0.05, 0) is 92.1 Å². The van der Waals surface area contributed by atoms with Gasteiger partial charge in [0.2, 0.25) is 28.6 Å². The Bertz CT molecular complexity index is 4200. The van der Waals surface area contributed by atoms with Crippen molar-refractivity contribution in [1.82, 2.24) is 34.2 Å². The number of nitrogens with one attached hydrogen (secondary N) is 1. The van der Waals surface area contributed by atoms with Crippen LogP contribution in [-0.2, 0) is 89.7 Å². The molecular formula is C53H48ClF10N8O13PS2. The molecule has 6 aromatic rings. The number of phosphoric acid groups is 1. The van der Waals surface area contributed by atoms with Gasteiger partial charge in [0.25, 0.3) is 5.92 Å². The van der Waals surface area contributed by atoms with E-state index in [-0.39, 0.29) is 36.9 Å². The predicted octanol–water partition coefficient (Wildman–Crippen LogP) is 7.71. The highest BCUT2D eigenvalue weighted by Gasteiger charge is 2.68. The van der Waals surface area contributed by atoms with Crippen LogP contribution in [0, 0.1) is 29.4 Å². The molecule has 3 atom stereocenters. The van der Waals surface area contributed by atoms with Crippen LogP contribution in [0.3, 0.4) is 0 Å². The van der Waals surface area contributed by atoms with Crippen molar-refractivity contribution in [2.75, 3.05) is 6.26 Å². The van der Waals surface area contributed by atoms with Crippen molar-refractivity contribution in [3.63, 3.8) is 0 Å². The van der Waals surface area contributed by atoms with Gasteiger partial charge in [-0.2, -0.15) is 45.3 Å². The lowest BCUT2D eigenvalue weighted by molar-refractivity contribution is -0.143. The quantitative estimate of drug-likeness (QED) is 0.0184. The third-order valence-corrected chi connectivity index (χ3v) is 17.9. The number of carboxylic acid groups (broad SMARTS) is 1. The molecule has 0 bridgehead atoms. The number of amides is 3. The number of sulfone groups is 1. The SMILES string of the molecule is CC(C)(CC(=O)N(Cc1nn(CC(F)(F)F)c2c(-c3ccc(C#CC(C)(C)S(C)(=O)=O)nc3[C@H](Cc3cc(F)cc(F)c3)NC(=O)Cn3nc(C(F)(F)F)c4c3C(F)(F)[C@@H]3C[C@H]43)ccc(Cl)c12)[SH](=O)=O)c1c(CC(=O)O)cc(C(N)=O)cc1OP(=O)(O)O. The largest absolute Gasteiger partial charge is 0.524 e. The lowest BCUT2D eigenvalue weighted by Gasteiger charge is -2.31. The minimum atomic E-state index is -5.58. The summed E-state index contributed by atoms with van der Waals surface area (Å²) in [6, 6.07) is 6.14. The Labute approximate surface area is 498 Å². The van der Waals surface area contributed by atoms with Gasteiger partial charge >= 0.3 is 26.1 Å². The molecule has 35 heteroatoms. The summed E-state index contributed by atoms with van der Waals surface area (Å²) in [5.41, 5.74) is -4.81. The first-order valence-electron chi connectivity index (χ1n) is 25.6. The smallest absolute Gasteiger partial charge is 0.481 e. The van der Waals surface area contributed by atoms with Crippen LogP contribution in [0.25, 0.3) is 22.0 Å². The second kappa shape index (κ2) is 23.4. The van der Waals surface area contributed by atoms with Crippen molar-refractivity contribution < 1.29 is 104 Å². The fourth-order valence-corrected chi connectivity index (χ4v) is 11.9. The summed E-state index contributed by atoms with van der Waals surface area (Å²) >= 11 is 6.74. The van der Waals surface area contributed by atoms with Crippen molar-refractivity contribution in [3.05, 3.63) is 128 Å². The van der Waals surface area contributed by atoms with Gasteiger partial charge in [0.15, 0.2) is 15.5 Å². The predicted molar refractivity (Wildman–Crippen MR) is 290 cm³/mol. The van der Waals surface area contributed by atoms with Crippen molar-refractivity contribution in [3.8, 4) is 28.7 Å². The Hall–Kier alpha value is -7.63. The molecule has 6 N–H and O–H groups in total. The summed E-state index contributed by atoms with van der Waals surface area (Å²) in [4.78, 5) is 77.1. The average Bonchev–Trinajstić information content (AvgIpc) is 1.56. The molecule has 0 aliphatic heterocycles. The lowest BCUT2D eigenvalue weighted by atomic mass is 9.77. The number of rotatable bonds is 20. The monoisotopic (exact) mass is 1320 g/mol. The number of carbonyl (C=O) groups is 4. The van der Waals surface area contributed by atoms with E-state index in [4.69, 9.17) is 21.9 Å². The maximum atomic E-state index is 15.7. The first-order valence-corrected chi connectivity index (χ1v) is 30.5. The van der Waals surface area contributed by atoms with Crippen LogP contribution < -0.4 is 15.6 Å². The van der Waals surface area contributed by atoms with E-state index in [9.17, 15) is 90.6 Å². The number of fused-ring (bicyclic) bond motifs is 4. The summed E-state index contributed by atoms with van der Waals surface area (Å²) in [7, 11) is -13.7. The van der Waals surface area contributed by atoms with E-state index in [1.54, 1.807) is 0 Å². The first kappa shape index (κ1) is 66.3. The fraction of sp³-hybridized carbons (Fsp3) is 0.377. The molecule has 3 amide bonds. The number of aliphatic carboxylic acids is 1. The van der Waals surface area contributed by atoms with Crippen LogP contribution in [0.1, 0.15) is 114 Å². The van der Waals surface area contributed by atoms with Crippen LogP contribution in [0.4, 0.5) is 43.9 Å². The van der Waals surface area contributed by atoms with Crippen molar-refractivity contribution >= 4 is 74.7 Å². The molecule has 2 aliphatic rings. The lowest BCUT2D eigenvalue weighted by Crippen LogP contribution is -2.35. The number of benzene rings is 3. The third kappa shape index (κ3) is 14.1. The number of halogens is 11. The zero-order valence-electron chi connectivity index (χ0n) is 46.0. The van der Waals surface area contributed by atoms with Gasteiger partial charge in [-0.1, -0.05) is 37.4 Å². The maximum absolute atomic E-state index is 15.7. The fourth-order valence-electron chi connectivity index (χ4n) is 10.5. The molecule has 0 unspecified atom stereocenters. The molecular weight excluding hydrogens is 1280 g/mol. The number of carboxylic acids is 1. The number of nitrogens with zero attached hydrogens (tertiary/aromatic N) is 6. The van der Waals surface area contributed by atoms with E-state index >= 15 is 8.78 Å². The number of phosphoric ester groups is 1. The molecule has 8 rings (SSSR count). The summed E-state index contributed by atoms with van der Waals surface area (Å²) in [6.45, 7) is 0.139. The molecule has 0 radical (unpaired) electrons. The number of alkyl halides is 8. The molecule has 1 fully saturated rings. The Kier molecular flexibility index (Phi) is 17.6. The number of carbonyl (C=O) groups excluding carboxylic acids is 3. The third-order valence-electron chi connectivity index (χ3n) is 14.5. The summed E-state index contributed by atoms with van der Waals surface area (Å²) < 4.78 is 216. The molecule has 3 heterocycles. The summed E-state index contributed by atoms with van der Waals surface area (Å²) in [6.07, 6.45) is -12.7.